The molecule has 0 bridgehead atoms. The number of benzene rings is 1. The Kier molecular flexibility index (Phi) is 7.51. The molecule has 5 rings (SSSR count). The first-order valence-corrected chi connectivity index (χ1v) is 12.5. The minimum Gasteiger partial charge on any atom is -0.481 e. The summed E-state index contributed by atoms with van der Waals surface area (Å²) in [7, 11) is 0. The second kappa shape index (κ2) is 10.4. The Balaban J connectivity index is 0.000000709. The zero-order valence-electron chi connectivity index (χ0n) is 20.4. The number of hydrogen-bond acceptors (Lipinski definition) is 6. The molecular weight excluding hydrogens is 468 g/mol. The molecule has 0 unspecified atom stereocenters. The molecule has 0 spiro atoms. The van der Waals surface area contributed by atoms with Crippen molar-refractivity contribution in [2.24, 2.45) is 5.41 Å². The minimum absolute atomic E-state index is 0.0461. The minimum atomic E-state index is -0.833. The molecule has 1 aliphatic carbocycles. The van der Waals surface area contributed by atoms with Crippen molar-refractivity contribution >= 4 is 28.9 Å². The predicted octanol–water partition coefficient (Wildman–Crippen LogP) is 1.57. The largest absolute Gasteiger partial charge is 0.481 e. The molecule has 11 nitrogen and oxygen atoms in total. The first-order chi connectivity index (χ1) is 17.1. The Morgan fingerprint density at radius 2 is 1.78 bits per heavy atom. The summed E-state index contributed by atoms with van der Waals surface area (Å²) in [6.45, 7) is 2.62. The number of aliphatic carboxylic acids is 2. The van der Waals surface area contributed by atoms with Crippen LogP contribution in [0.1, 0.15) is 68.3 Å². The summed E-state index contributed by atoms with van der Waals surface area (Å²) >= 11 is 0. The number of imidazole rings is 1. The van der Waals surface area contributed by atoms with Gasteiger partial charge in [0.25, 0.3) is 11.9 Å². The molecule has 2 atom stereocenters. The summed E-state index contributed by atoms with van der Waals surface area (Å²) in [5, 5.41) is 30.3. The first kappa shape index (κ1) is 25.9. The number of aliphatic hydroxyl groups is 1. The van der Waals surface area contributed by atoms with Crippen LogP contribution in [0.2, 0.25) is 0 Å². The third kappa shape index (κ3) is 5.03. The molecule has 3 fully saturated rings. The van der Waals surface area contributed by atoms with Crippen LogP contribution >= 0.6 is 0 Å². The van der Waals surface area contributed by atoms with Crippen molar-refractivity contribution in [2.45, 2.75) is 70.1 Å². The summed E-state index contributed by atoms with van der Waals surface area (Å²) in [5.74, 6) is -1.76. The van der Waals surface area contributed by atoms with E-state index in [1.807, 2.05) is 6.07 Å². The van der Waals surface area contributed by atoms with Gasteiger partial charge in [0.15, 0.2) is 0 Å². The van der Waals surface area contributed by atoms with Gasteiger partial charge in [0.1, 0.15) is 0 Å². The van der Waals surface area contributed by atoms with Crippen LogP contribution in [-0.2, 0) is 9.59 Å². The molecule has 11 heteroatoms. The first-order valence-electron chi connectivity index (χ1n) is 12.5. The third-order valence-corrected chi connectivity index (χ3v) is 7.80. The van der Waals surface area contributed by atoms with Crippen LogP contribution in [0.5, 0.6) is 0 Å². The van der Waals surface area contributed by atoms with Crippen LogP contribution in [0.4, 0.5) is 0 Å². The van der Waals surface area contributed by atoms with E-state index in [0.29, 0.717) is 49.9 Å². The highest BCUT2D eigenvalue weighted by Crippen LogP contribution is 2.39. The SMILES string of the molecule is CC(=O)O.O=C(c1ccc2c(c1)[nH]c(=O)n2C1CCC(O)CC1)N1CC[C@@]2(C(=O)O)CCCN[C@@H]2C1. The van der Waals surface area contributed by atoms with Crippen LogP contribution in [0.15, 0.2) is 23.0 Å². The summed E-state index contributed by atoms with van der Waals surface area (Å²) < 4.78 is 1.75. The number of aromatic nitrogens is 2. The number of aliphatic hydroxyl groups excluding tert-OH is 1. The summed E-state index contributed by atoms with van der Waals surface area (Å²) in [6, 6.07) is 5.08. The number of H-pyrrole nitrogens is 1. The molecule has 1 amide bonds. The highest BCUT2D eigenvalue weighted by atomic mass is 16.4. The van der Waals surface area contributed by atoms with E-state index in [0.717, 1.165) is 38.2 Å². The Bertz CT molecular complexity index is 1190. The van der Waals surface area contributed by atoms with E-state index in [9.17, 15) is 24.6 Å². The van der Waals surface area contributed by atoms with E-state index in [1.165, 1.54) is 0 Å². The maximum absolute atomic E-state index is 13.2. The van der Waals surface area contributed by atoms with Crippen molar-refractivity contribution in [1.82, 2.24) is 19.8 Å². The molecule has 196 valence electrons. The molecule has 2 aromatic rings. The van der Waals surface area contributed by atoms with Gasteiger partial charge >= 0.3 is 11.7 Å². The normalized spacial score (nSPS) is 28.1. The van der Waals surface area contributed by atoms with Gasteiger partial charge in [-0.25, -0.2) is 4.79 Å². The summed E-state index contributed by atoms with van der Waals surface area (Å²) in [5.41, 5.74) is 0.893. The molecular formula is C25H34N4O7. The van der Waals surface area contributed by atoms with Gasteiger partial charge in [-0.2, -0.15) is 0 Å². The van der Waals surface area contributed by atoms with Crippen molar-refractivity contribution in [1.29, 1.82) is 0 Å². The van der Waals surface area contributed by atoms with E-state index < -0.39 is 17.4 Å². The molecule has 2 saturated heterocycles. The maximum Gasteiger partial charge on any atom is 0.326 e. The van der Waals surface area contributed by atoms with Crippen LogP contribution in [0.25, 0.3) is 11.0 Å². The topological polar surface area (TPSA) is 165 Å². The van der Waals surface area contributed by atoms with E-state index in [1.54, 1.807) is 21.6 Å². The van der Waals surface area contributed by atoms with Crippen LogP contribution in [0.3, 0.4) is 0 Å². The van der Waals surface area contributed by atoms with Gasteiger partial charge in [0, 0.05) is 37.7 Å². The van der Waals surface area contributed by atoms with Crippen LogP contribution in [-0.4, -0.2) is 79.4 Å². The van der Waals surface area contributed by atoms with E-state index in [2.05, 4.69) is 10.3 Å². The van der Waals surface area contributed by atoms with Gasteiger partial charge in [-0.05, 0) is 69.7 Å². The third-order valence-electron chi connectivity index (χ3n) is 7.80. The van der Waals surface area contributed by atoms with Crippen LogP contribution in [0, 0.1) is 5.41 Å². The number of nitrogens with zero attached hydrogens (tertiary/aromatic N) is 2. The molecule has 1 aromatic heterocycles. The van der Waals surface area contributed by atoms with Gasteiger partial charge in [-0.1, -0.05) is 0 Å². The second-order valence-electron chi connectivity index (χ2n) is 10.1. The lowest BCUT2D eigenvalue weighted by molar-refractivity contribution is -0.156. The number of carboxylic acids is 2. The lowest BCUT2D eigenvalue weighted by Gasteiger charge is -2.48. The highest BCUT2D eigenvalue weighted by molar-refractivity contribution is 5.97. The average molecular weight is 503 g/mol. The zero-order chi connectivity index (χ0) is 26.0. The molecule has 36 heavy (non-hydrogen) atoms. The highest BCUT2D eigenvalue weighted by Gasteiger charge is 2.50. The Labute approximate surface area is 208 Å². The van der Waals surface area contributed by atoms with Crippen molar-refractivity contribution in [2.75, 3.05) is 19.6 Å². The lowest BCUT2D eigenvalue weighted by Crippen LogP contribution is -2.63. The van der Waals surface area contributed by atoms with Crippen molar-refractivity contribution in [3.8, 4) is 0 Å². The number of aromatic amines is 1. The summed E-state index contributed by atoms with van der Waals surface area (Å²) in [6.07, 6.45) is 4.49. The number of carbonyl (C=O) groups excluding carboxylic acids is 1. The predicted molar refractivity (Wildman–Crippen MR) is 131 cm³/mol. The van der Waals surface area contributed by atoms with Gasteiger partial charge in [-0.15, -0.1) is 0 Å². The Morgan fingerprint density at radius 1 is 1.08 bits per heavy atom. The number of amides is 1. The number of likely N-dealkylation sites (tertiary alicyclic amines) is 1. The molecule has 1 aromatic carbocycles. The number of nitrogens with one attached hydrogen (secondary N) is 2. The average Bonchev–Trinajstić information content (AvgIpc) is 3.18. The number of piperidine rings is 2. The number of fused-ring (bicyclic) bond motifs is 2. The van der Waals surface area contributed by atoms with Crippen molar-refractivity contribution in [3.63, 3.8) is 0 Å². The molecule has 3 aliphatic rings. The smallest absolute Gasteiger partial charge is 0.326 e. The van der Waals surface area contributed by atoms with Gasteiger partial charge < -0.3 is 30.5 Å². The van der Waals surface area contributed by atoms with Gasteiger partial charge in [0.2, 0.25) is 0 Å². The molecule has 3 heterocycles. The monoisotopic (exact) mass is 502 g/mol. The van der Waals surface area contributed by atoms with Crippen molar-refractivity contribution < 1.29 is 29.7 Å². The lowest BCUT2D eigenvalue weighted by atomic mass is 9.69. The zero-order valence-corrected chi connectivity index (χ0v) is 20.4. The van der Waals surface area contributed by atoms with Gasteiger partial charge in [0.05, 0.1) is 22.6 Å². The second-order valence-corrected chi connectivity index (χ2v) is 10.1. The molecule has 0 radical (unpaired) electrons. The van der Waals surface area contributed by atoms with Gasteiger partial charge in [-0.3, -0.25) is 19.0 Å². The van der Waals surface area contributed by atoms with E-state index in [-0.39, 0.29) is 29.8 Å². The fourth-order valence-electron chi connectivity index (χ4n) is 5.91. The molecule has 2 aliphatic heterocycles. The fourth-order valence-corrected chi connectivity index (χ4v) is 5.91. The van der Waals surface area contributed by atoms with E-state index >= 15 is 0 Å². The van der Waals surface area contributed by atoms with Crippen LogP contribution < -0.4 is 11.0 Å². The molecule has 5 N–H and O–H groups in total. The summed E-state index contributed by atoms with van der Waals surface area (Å²) in [4.78, 5) is 51.5. The number of rotatable bonds is 3. The Morgan fingerprint density at radius 3 is 2.44 bits per heavy atom. The fraction of sp³-hybridized carbons (Fsp3) is 0.600. The number of hydrogen-bond donors (Lipinski definition) is 5. The number of carbonyl (C=O) groups is 3. The number of carboxylic acid groups (broad SMARTS) is 2. The molecule has 1 saturated carbocycles. The quantitative estimate of drug-likeness (QED) is 0.422. The van der Waals surface area contributed by atoms with E-state index in [4.69, 9.17) is 9.90 Å². The Hall–Kier alpha value is -3.18. The van der Waals surface area contributed by atoms with Crippen molar-refractivity contribution in [3.05, 3.63) is 34.2 Å². The standard InChI is InChI=1S/C23H30N4O5.C2H4O2/c28-16-5-3-15(4-6-16)27-18-7-2-14(12-17(18)25-22(27)32)20(29)26-11-9-23(21(30)31)8-1-10-24-19(23)13-26;1-2(3)4/h2,7,12,15-16,19,24,28H,1,3-6,8-11,13H2,(H,25,32)(H,30,31);1H3,(H,3,4)/t15?,16?,19-,23+;/m1./s1. The maximum atomic E-state index is 13.2.